The highest BCUT2D eigenvalue weighted by Crippen LogP contribution is 2.36. The summed E-state index contributed by atoms with van der Waals surface area (Å²) in [4.78, 5) is 22.2. The lowest BCUT2D eigenvalue weighted by atomic mass is 9.77. The molecule has 7 nitrogen and oxygen atoms in total. The van der Waals surface area contributed by atoms with Gasteiger partial charge in [0.2, 0.25) is 0 Å². The Labute approximate surface area is 104 Å². The van der Waals surface area contributed by atoms with Gasteiger partial charge in [0.25, 0.3) is 10.1 Å². The minimum atomic E-state index is -5.09. The van der Waals surface area contributed by atoms with Crippen molar-refractivity contribution in [2.24, 2.45) is 5.41 Å². The van der Waals surface area contributed by atoms with Gasteiger partial charge in [-0.25, -0.2) is 0 Å². The summed E-state index contributed by atoms with van der Waals surface area (Å²) in [5, 5.41) is 15.5. The standard InChI is InChI=1S/C10H14O7S/c1-3-5-10(6-4-2,9(13)14)7(8(11)12)18(15,16)17/h3-4,7H,1-2,5-6H2,(H,11,12)(H,13,14)(H,15,16,17). The number of carbonyl (C=O) groups is 2. The summed E-state index contributed by atoms with van der Waals surface area (Å²) in [6.45, 7) is 6.53. The molecule has 1 atom stereocenters. The molecule has 8 heteroatoms. The molecule has 0 bridgehead atoms. The average Bonchev–Trinajstić information content (AvgIpc) is 2.14. The molecule has 0 rings (SSSR count). The minimum absolute atomic E-state index is 0.439. The van der Waals surface area contributed by atoms with Gasteiger partial charge in [-0.3, -0.25) is 14.1 Å². The van der Waals surface area contributed by atoms with E-state index >= 15 is 0 Å². The maximum atomic E-state index is 11.3. The average molecular weight is 278 g/mol. The zero-order valence-corrected chi connectivity index (χ0v) is 10.3. The topological polar surface area (TPSA) is 129 Å². The first-order valence-electron chi connectivity index (χ1n) is 4.77. The van der Waals surface area contributed by atoms with Gasteiger partial charge in [-0.2, -0.15) is 8.42 Å². The number of allylic oxidation sites excluding steroid dienone is 2. The highest BCUT2D eigenvalue weighted by molar-refractivity contribution is 7.87. The summed E-state index contributed by atoms with van der Waals surface area (Å²) in [5.41, 5.74) is -2.23. The smallest absolute Gasteiger partial charge is 0.325 e. The van der Waals surface area contributed by atoms with Crippen molar-refractivity contribution in [2.75, 3.05) is 0 Å². The van der Waals surface area contributed by atoms with Crippen LogP contribution >= 0.6 is 0 Å². The van der Waals surface area contributed by atoms with Crippen LogP contribution in [0.5, 0.6) is 0 Å². The van der Waals surface area contributed by atoms with Gasteiger partial charge in [0, 0.05) is 0 Å². The van der Waals surface area contributed by atoms with Crippen molar-refractivity contribution < 1.29 is 32.8 Å². The van der Waals surface area contributed by atoms with Crippen LogP contribution in [-0.4, -0.2) is 40.4 Å². The molecule has 1 unspecified atom stereocenters. The molecule has 0 heterocycles. The van der Waals surface area contributed by atoms with Gasteiger partial charge in [0.15, 0.2) is 5.25 Å². The number of hydrogen-bond donors (Lipinski definition) is 3. The number of hydrogen-bond acceptors (Lipinski definition) is 4. The monoisotopic (exact) mass is 278 g/mol. The van der Waals surface area contributed by atoms with Gasteiger partial charge in [-0.1, -0.05) is 12.2 Å². The molecule has 0 aliphatic rings. The zero-order chi connectivity index (χ0) is 14.6. The van der Waals surface area contributed by atoms with Gasteiger partial charge < -0.3 is 10.2 Å². The van der Waals surface area contributed by atoms with Crippen molar-refractivity contribution in [3.8, 4) is 0 Å². The predicted molar refractivity (Wildman–Crippen MR) is 62.7 cm³/mol. The van der Waals surface area contributed by atoms with Crippen LogP contribution in [0.25, 0.3) is 0 Å². The third kappa shape index (κ3) is 3.17. The van der Waals surface area contributed by atoms with Crippen molar-refractivity contribution >= 4 is 22.1 Å². The molecule has 0 fully saturated rings. The van der Waals surface area contributed by atoms with E-state index < -0.39 is 45.6 Å². The molecule has 0 aromatic heterocycles. The lowest BCUT2D eigenvalue weighted by Crippen LogP contribution is -2.50. The molecule has 102 valence electrons. The molecule has 0 spiro atoms. The van der Waals surface area contributed by atoms with Crippen LogP contribution < -0.4 is 0 Å². The summed E-state index contributed by atoms with van der Waals surface area (Å²) >= 11 is 0. The first-order valence-corrected chi connectivity index (χ1v) is 6.28. The fourth-order valence-corrected chi connectivity index (χ4v) is 2.87. The van der Waals surface area contributed by atoms with E-state index in [9.17, 15) is 18.0 Å². The van der Waals surface area contributed by atoms with Gasteiger partial charge in [0.05, 0.1) is 0 Å². The Morgan fingerprint density at radius 2 is 1.56 bits per heavy atom. The Bertz CT molecular complexity index is 453. The van der Waals surface area contributed by atoms with Crippen LogP contribution in [0, 0.1) is 5.41 Å². The van der Waals surface area contributed by atoms with E-state index in [4.69, 9.17) is 14.8 Å². The number of rotatable bonds is 8. The van der Waals surface area contributed by atoms with Crippen LogP contribution in [0.2, 0.25) is 0 Å². The van der Waals surface area contributed by atoms with E-state index in [1.807, 2.05) is 0 Å². The zero-order valence-electron chi connectivity index (χ0n) is 9.44. The van der Waals surface area contributed by atoms with E-state index in [0.29, 0.717) is 0 Å². The van der Waals surface area contributed by atoms with Crippen molar-refractivity contribution in [2.45, 2.75) is 18.1 Å². The summed E-state index contributed by atoms with van der Waals surface area (Å²) in [5.74, 6) is -3.60. The van der Waals surface area contributed by atoms with Crippen LogP contribution in [0.1, 0.15) is 12.8 Å². The Morgan fingerprint density at radius 1 is 1.17 bits per heavy atom. The Balaban J connectivity index is 6.08. The second kappa shape index (κ2) is 5.78. The number of carboxylic acids is 2. The molecule has 0 aliphatic carbocycles. The van der Waals surface area contributed by atoms with Gasteiger partial charge >= 0.3 is 11.9 Å². The maximum Gasteiger partial charge on any atom is 0.325 e. The quantitative estimate of drug-likeness (QED) is 0.436. The second-order valence-electron chi connectivity index (χ2n) is 3.68. The molecular weight excluding hydrogens is 264 g/mol. The highest BCUT2D eigenvalue weighted by Gasteiger charge is 2.54. The highest BCUT2D eigenvalue weighted by atomic mass is 32.2. The predicted octanol–water partition coefficient (Wildman–Crippen LogP) is 0.551. The maximum absolute atomic E-state index is 11.3. The molecule has 3 N–H and O–H groups in total. The van der Waals surface area contributed by atoms with Crippen LogP contribution in [0.4, 0.5) is 0 Å². The molecule has 18 heavy (non-hydrogen) atoms. The molecule has 0 aliphatic heterocycles. The molecular formula is C10H14O7S. The first kappa shape index (κ1) is 16.3. The van der Waals surface area contributed by atoms with Crippen molar-refractivity contribution in [1.82, 2.24) is 0 Å². The van der Waals surface area contributed by atoms with Crippen LogP contribution in [0.3, 0.4) is 0 Å². The normalized spacial score (nSPS) is 13.6. The van der Waals surface area contributed by atoms with Crippen LogP contribution in [-0.2, 0) is 19.7 Å². The van der Waals surface area contributed by atoms with Gasteiger partial charge in [-0.15, -0.1) is 13.2 Å². The van der Waals surface area contributed by atoms with E-state index in [1.54, 1.807) is 0 Å². The fourth-order valence-electron chi connectivity index (χ4n) is 1.75. The molecule has 0 amide bonds. The fraction of sp³-hybridized carbons (Fsp3) is 0.400. The summed E-state index contributed by atoms with van der Waals surface area (Å²) in [6, 6.07) is 0. The first-order chi connectivity index (χ1) is 8.13. The summed E-state index contributed by atoms with van der Waals surface area (Å²) < 4.78 is 31.2. The molecule has 0 radical (unpaired) electrons. The summed E-state index contributed by atoms with van der Waals surface area (Å²) in [7, 11) is -5.09. The van der Waals surface area contributed by atoms with Gasteiger partial charge in [0.1, 0.15) is 5.41 Å². The van der Waals surface area contributed by atoms with E-state index in [1.165, 1.54) is 0 Å². The Hall–Kier alpha value is -1.67. The molecule has 0 saturated heterocycles. The van der Waals surface area contributed by atoms with E-state index in [2.05, 4.69) is 13.2 Å². The second-order valence-corrected chi connectivity index (χ2v) is 5.18. The summed E-state index contributed by atoms with van der Waals surface area (Å²) in [6.07, 6.45) is 1.29. The van der Waals surface area contributed by atoms with Gasteiger partial charge in [-0.05, 0) is 12.8 Å². The third-order valence-electron chi connectivity index (χ3n) is 2.47. The lowest BCUT2D eigenvalue weighted by Gasteiger charge is -2.30. The molecule has 0 saturated carbocycles. The van der Waals surface area contributed by atoms with Crippen molar-refractivity contribution in [1.29, 1.82) is 0 Å². The SMILES string of the molecule is C=CCC(CC=C)(C(=O)O)C(C(=O)O)S(=O)(=O)O. The Morgan fingerprint density at radius 3 is 1.72 bits per heavy atom. The minimum Gasteiger partial charge on any atom is -0.481 e. The number of aliphatic carboxylic acids is 2. The largest absolute Gasteiger partial charge is 0.481 e. The molecule has 0 aromatic carbocycles. The van der Waals surface area contributed by atoms with Crippen molar-refractivity contribution in [3.63, 3.8) is 0 Å². The Kier molecular flexibility index (Phi) is 5.25. The van der Waals surface area contributed by atoms with E-state index in [-0.39, 0.29) is 0 Å². The van der Waals surface area contributed by atoms with Crippen molar-refractivity contribution in [3.05, 3.63) is 25.3 Å². The lowest BCUT2D eigenvalue weighted by molar-refractivity contribution is -0.155. The van der Waals surface area contributed by atoms with E-state index in [0.717, 1.165) is 12.2 Å². The third-order valence-corrected chi connectivity index (χ3v) is 3.72. The number of carboxylic acid groups (broad SMARTS) is 2. The molecule has 0 aromatic rings. The van der Waals surface area contributed by atoms with Crippen LogP contribution in [0.15, 0.2) is 25.3 Å².